The molecule has 1 aliphatic rings. The molecule has 0 saturated heterocycles. The van der Waals surface area contributed by atoms with Crippen LogP contribution in [0.1, 0.15) is 38.1 Å². The van der Waals surface area contributed by atoms with Crippen molar-refractivity contribution in [2.75, 3.05) is 0 Å². The lowest BCUT2D eigenvalue weighted by molar-refractivity contribution is 0.357. The lowest BCUT2D eigenvalue weighted by atomic mass is 9.95. The van der Waals surface area contributed by atoms with Gasteiger partial charge in [0, 0.05) is 12.1 Å². The SMILES string of the molecule is Fc1cc2[nH]c(=S)n(C3CCCCC3)c2cc1Cl. The van der Waals surface area contributed by atoms with Crippen molar-refractivity contribution in [1.29, 1.82) is 0 Å². The molecular formula is C13H14ClFN2S. The molecular weight excluding hydrogens is 271 g/mol. The second kappa shape index (κ2) is 4.67. The highest BCUT2D eigenvalue weighted by atomic mass is 35.5. The Morgan fingerprint density at radius 1 is 1.28 bits per heavy atom. The van der Waals surface area contributed by atoms with Gasteiger partial charge in [-0.2, -0.15) is 0 Å². The fourth-order valence-electron chi connectivity index (χ4n) is 2.82. The zero-order valence-electron chi connectivity index (χ0n) is 9.88. The minimum atomic E-state index is -0.406. The van der Waals surface area contributed by atoms with E-state index in [2.05, 4.69) is 9.55 Å². The number of H-pyrrole nitrogens is 1. The highest BCUT2D eigenvalue weighted by Gasteiger charge is 2.19. The maximum absolute atomic E-state index is 13.4. The molecule has 1 aliphatic carbocycles. The Balaban J connectivity index is 2.18. The van der Waals surface area contributed by atoms with E-state index in [0.29, 0.717) is 10.8 Å². The van der Waals surface area contributed by atoms with Gasteiger partial charge in [0.2, 0.25) is 0 Å². The first kappa shape index (κ1) is 12.2. The van der Waals surface area contributed by atoms with E-state index in [1.165, 1.54) is 25.3 Å². The maximum Gasteiger partial charge on any atom is 0.178 e. The third-order valence-corrected chi connectivity index (χ3v) is 4.29. The molecule has 96 valence electrons. The summed E-state index contributed by atoms with van der Waals surface area (Å²) >= 11 is 11.2. The largest absolute Gasteiger partial charge is 0.330 e. The lowest BCUT2D eigenvalue weighted by Gasteiger charge is -2.23. The van der Waals surface area contributed by atoms with Crippen molar-refractivity contribution in [3.8, 4) is 0 Å². The van der Waals surface area contributed by atoms with Gasteiger partial charge in [-0.3, -0.25) is 0 Å². The van der Waals surface area contributed by atoms with Gasteiger partial charge < -0.3 is 9.55 Å². The van der Waals surface area contributed by atoms with E-state index in [4.69, 9.17) is 23.8 Å². The average Bonchev–Trinajstić information content (AvgIpc) is 2.66. The molecule has 1 heterocycles. The molecule has 5 heteroatoms. The molecule has 18 heavy (non-hydrogen) atoms. The van der Waals surface area contributed by atoms with Crippen LogP contribution in [0.4, 0.5) is 4.39 Å². The number of fused-ring (bicyclic) bond motifs is 1. The number of aromatic nitrogens is 2. The van der Waals surface area contributed by atoms with Crippen molar-refractivity contribution in [2.24, 2.45) is 0 Å². The maximum atomic E-state index is 13.4. The van der Waals surface area contributed by atoms with Gasteiger partial charge >= 0.3 is 0 Å². The number of aromatic amines is 1. The molecule has 1 aromatic carbocycles. The Morgan fingerprint density at radius 2 is 2.00 bits per heavy atom. The lowest BCUT2D eigenvalue weighted by Crippen LogP contribution is -2.12. The molecule has 3 rings (SSSR count). The highest BCUT2D eigenvalue weighted by molar-refractivity contribution is 7.71. The molecule has 1 N–H and O–H groups in total. The third kappa shape index (κ3) is 1.97. The molecule has 2 nitrogen and oxygen atoms in total. The summed E-state index contributed by atoms with van der Waals surface area (Å²) in [6, 6.07) is 3.52. The Kier molecular flexibility index (Phi) is 3.16. The van der Waals surface area contributed by atoms with Gasteiger partial charge in [-0.05, 0) is 31.1 Å². The van der Waals surface area contributed by atoms with E-state index in [1.54, 1.807) is 6.07 Å². The number of halogens is 2. The second-order valence-electron chi connectivity index (χ2n) is 4.88. The van der Waals surface area contributed by atoms with E-state index < -0.39 is 5.82 Å². The minimum absolute atomic E-state index is 0.154. The summed E-state index contributed by atoms with van der Waals surface area (Å²) in [5.74, 6) is -0.406. The first-order chi connectivity index (χ1) is 8.66. The van der Waals surface area contributed by atoms with Crippen LogP contribution in [-0.2, 0) is 0 Å². The molecule has 2 aromatic rings. The van der Waals surface area contributed by atoms with Crippen molar-refractivity contribution in [3.63, 3.8) is 0 Å². The summed E-state index contributed by atoms with van der Waals surface area (Å²) in [7, 11) is 0. The van der Waals surface area contributed by atoms with Crippen molar-refractivity contribution < 1.29 is 4.39 Å². The monoisotopic (exact) mass is 284 g/mol. The third-order valence-electron chi connectivity index (χ3n) is 3.70. The van der Waals surface area contributed by atoms with Crippen molar-refractivity contribution in [2.45, 2.75) is 38.1 Å². The van der Waals surface area contributed by atoms with Crippen LogP contribution in [0.2, 0.25) is 5.02 Å². The summed E-state index contributed by atoms with van der Waals surface area (Å²) < 4.78 is 16.2. The van der Waals surface area contributed by atoms with E-state index in [0.717, 1.165) is 23.9 Å². The van der Waals surface area contributed by atoms with Crippen LogP contribution in [0, 0.1) is 10.6 Å². The van der Waals surface area contributed by atoms with Crippen LogP contribution in [0.25, 0.3) is 11.0 Å². The van der Waals surface area contributed by atoms with Crippen LogP contribution < -0.4 is 0 Å². The van der Waals surface area contributed by atoms with Crippen molar-refractivity contribution >= 4 is 34.9 Å². The van der Waals surface area contributed by atoms with Gasteiger partial charge in [-0.15, -0.1) is 0 Å². The van der Waals surface area contributed by atoms with E-state index in [9.17, 15) is 4.39 Å². The number of nitrogens with zero attached hydrogens (tertiary/aromatic N) is 1. The molecule has 1 aromatic heterocycles. The summed E-state index contributed by atoms with van der Waals surface area (Å²) in [4.78, 5) is 3.07. The van der Waals surface area contributed by atoms with Gasteiger partial charge in [0.1, 0.15) is 5.82 Å². The number of hydrogen-bond acceptors (Lipinski definition) is 1. The van der Waals surface area contributed by atoms with Crippen LogP contribution in [-0.4, -0.2) is 9.55 Å². The zero-order chi connectivity index (χ0) is 12.7. The molecule has 0 radical (unpaired) electrons. The van der Waals surface area contributed by atoms with Crippen LogP contribution in [0.15, 0.2) is 12.1 Å². The standard InChI is InChI=1S/C13H14ClFN2S/c14-9-6-12-11(7-10(9)15)16-13(18)17(12)8-4-2-1-3-5-8/h6-8H,1-5H2,(H,16,18). The molecule has 0 bridgehead atoms. The fourth-order valence-corrected chi connectivity index (χ4v) is 3.34. The van der Waals surface area contributed by atoms with E-state index >= 15 is 0 Å². The highest BCUT2D eigenvalue weighted by Crippen LogP contribution is 2.32. The average molecular weight is 285 g/mol. The smallest absolute Gasteiger partial charge is 0.178 e. The predicted molar refractivity (Wildman–Crippen MR) is 74.2 cm³/mol. The van der Waals surface area contributed by atoms with Crippen molar-refractivity contribution in [1.82, 2.24) is 9.55 Å². The number of rotatable bonds is 1. The van der Waals surface area contributed by atoms with Crippen molar-refractivity contribution in [3.05, 3.63) is 27.7 Å². The molecule has 0 unspecified atom stereocenters. The Labute approximate surface area is 115 Å². The van der Waals surface area contributed by atoms with E-state index in [1.807, 2.05) is 0 Å². The fraction of sp³-hybridized carbons (Fsp3) is 0.462. The molecule has 0 aliphatic heterocycles. The molecule has 0 spiro atoms. The zero-order valence-corrected chi connectivity index (χ0v) is 11.5. The predicted octanol–water partition coefficient (Wildman–Crippen LogP) is 5.00. The Morgan fingerprint density at radius 3 is 2.72 bits per heavy atom. The van der Waals surface area contributed by atoms with Crippen LogP contribution >= 0.6 is 23.8 Å². The number of hydrogen-bond donors (Lipinski definition) is 1. The summed E-state index contributed by atoms with van der Waals surface area (Å²) in [5.41, 5.74) is 1.64. The second-order valence-corrected chi connectivity index (χ2v) is 5.67. The van der Waals surface area contributed by atoms with E-state index in [-0.39, 0.29) is 5.02 Å². The number of nitrogens with one attached hydrogen (secondary N) is 1. The Hall–Kier alpha value is -0.870. The minimum Gasteiger partial charge on any atom is -0.330 e. The van der Waals surface area contributed by atoms with Crippen LogP contribution in [0.3, 0.4) is 0 Å². The van der Waals surface area contributed by atoms with Gasteiger partial charge in [-0.25, -0.2) is 4.39 Å². The molecule has 1 fully saturated rings. The normalized spacial score (nSPS) is 17.4. The first-order valence-electron chi connectivity index (χ1n) is 6.26. The number of imidazole rings is 1. The molecule has 0 atom stereocenters. The molecule has 0 amide bonds. The first-order valence-corrected chi connectivity index (χ1v) is 7.04. The van der Waals surface area contributed by atoms with Gasteiger partial charge in [0.05, 0.1) is 16.1 Å². The topological polar surface area (TPSA) is 20.7 Å². The van der Waals surface area contributed by atoms with Gasteiger partial charge in [0.25, 0.3) is 0 Å². The van der Waals surface area contributed by atoms with Crippen LogP contribution in [0.5, 0.6) is 0 Å². The summed E-state index contributed by atoms with van der Waals surface area (Å²) in [6.07, 6.45) is 6.02. The number of benzene rings is 1. The molecule has 1 saturated carbocycles. The van der Waals surface area contributed by atoms with Gasteiger partial charge in [-0.1, -0.05) is 30.9 Å². The summed E-state index contributed by atoms with van der Waals surface area (Å²) in [6.45, 7) is 0. The quantitative estimate of drug-likeness (QED) is 0.731. The van der Waals surface area contributed by atoms with Gasteiger partial charge in [0.15, 0.2) is 4.77 Å². The Bertz CT molecular complexity index is 640. The summed E-state index contributed by atoms with van der Waals surface area (Å²) in [5, 5.41) is 0.154.